The third-order valence-electron chi connectivity index (χ3n) is 10.2. The van der Waals surface area contributed by atoms with Gasteiger partial charge in [-0.3, -0.25) is 14.4 Å². The zero-order valence-electron chi connectivity index (χ0n) is 26.8. The highest BCUT2D eigenvalue weighted by Gasteiger charge is 2.79. The molecule has 3 aliphatic heterocycles. The number of carbonyl (C=O) groups is 3. The quantitative estimate of drug-likeness (QED) is 0.315. The van der Waals surface area contributed by atoms with Gasteiger partial charge >= 0.3 is 0 Å². The monoisotopic (exact) mass is 613 g/mol. The number of amides is 3. The van der Waals surface area contributed by atoms with Crippen molar-refractivity contribution in [2.24, 2.45) is 17.8 Å². The minimum Gasteiger partial charge on any atom is -0.394 e. The van der Waals surface area contributed by atoms with Crippen molar-refractivity contribution in [3.8, 4) is 0 Å². The summed E-state index contributed by atoms with van der Waals surface area (Å²) >= 11 is 0. The van der Waals surface area contributed by atoms with E-state index in [1.807, 2.05) is 81.4 Å². The van der Waals surface area contributed by atoms with E-state index in [1.165, 1.54) is 0 Å². The van der Waals surface area contributed by atoms with Crippen LogP contribution in [0.15, 0.2) is 86.0 Å². The van der Waals surface area contributed by atoms with Crippen LogP contribution in [0.4, 0.5) is 0 Å². The Hall–Kier alpha value is -3.75. The SMILES string of the molecule is C=CCN(Cc1ccccc1)C(=O)C1N([C@@H](CO)C(C)C)C(=O)[C@@H]2[C@@H](C(=O)N(CC=C)Cc3ccccc3)[C@@]3(CC)CCC12O3. The molecule has 0 radical (unpaired) electrons. The summed E-state index contributed by atoms with van der Waals surface area (Å²) in [6.45, 7) is 14.7. The smallest absolute Gasteiger partial charge is 0.249 e. The fraction of sp³-hybridized carbons (Fsp3) is 0.486. The van der Waals surface area contributed by atoms with Crippen molar-refractivity contribution in [3.63, 3.8) is 0 Å². The van der Waals surface area contributed by atoms with Crippen LogP contribution in [0, 0.1) is 17.8 Å². The third kappa shape index (κ3) is 5.63. The summed E-state index contributed by atoms with van der Waals surface area (Å²) in [4.78, 5) is 49.3. The molecule has 3 heterocycles. The number of rotatable bonds is 14. The number of fused-ring (bicyclic) bond motifs is 1. The van der Waals surface area contributed by atoms with Gasteiger partial charge in [0.2, 0.25) is 17.7 Å². The summed E-state index contributed by atoms with van der Waals surface area (Å²) < 4.78 is 7.03. The van der Waals surface area contributed by atoms with Crippen molar-refractivity contribution in [1.82, 2.24) is 14.7 Å². The maximum Gasteiger partial charge on any atom is 0.249 e. The first-order valence-corrected chi connectivity index (χ1v) is 16.2. The van der Waals surface area contributed by atoms with Crippen LogP contribution in [0.25, 0.3) is 0 Å². The van der Waals surface area contributed by atoms with E-state index >= 15 is 0 Å². The van der Waals surface area contributed by atoms with Gasteiger partial charge < -0.3 is 24.5 Å². The van der Waals surface area contributed by atoms with Crippen LogP contribution in [0.5, 0.6) is 0 Å². The van der Waals surface area contributed by atoms with Gasteiger partial charge in [0, 0.05) is 26.2 Å². The van der Waals surface area contributed by atoms with Crippen molar-refractivity contribution < 1.29 is 24.2 Å². The predicted molar refractivity (Wildman–Crippen MR) is 174 cm³/mol. The number of hydrogen-bond acceptors (Lipinski definition) is 5. The van der Waals surface area contributed by atoms with Crippen LogP contribution in [0.3, 0.4) is 0 Å². The molecule has 0 aliphatic carbocycles. The standard InChI is InChI=1S/C37H47N3O5/c1-6-21-38(23-27-15-11-9-12-16-27)33(42)30-31-34(43)40(29(25-41)26(4)5)32(37(31)20-19-36(30,8-3)45-37)35(44)39(22-7-2)24-28-17-13-10-14-18-28/h6-7,9-18,26,29-32,41H,1-2,8,19-25H2,3-5H3/t29-,30-,31-,32?,36+,37?/m0/s1. The second-order valence-corrected chi connectivity index (χ2v) is 13.1. The van der Waals surface area contributed by atoms with Gasteiger partial charge in [0.15, 0.2) is 0 Å². The Labute approximate surface area is 267 Å². The maximum atomic E-state index is 14.8. The highest BCUT2D eigenvalue weighted by molar-refractivity contribution is 5.99. The number of benzene rings is 2. The molecule has 2 bridgehead atoms. The normalized spacial score (nSPS) is 27.4. The minimum absolute atomic E-state index is 0.131. The van der Waals surface area contributed by atoms with Crippen molar-refractivity contribution in [3.05, 3.63) is 97.1 Å². The van der Waals surface area contributed by atoms with E-state index in [9.17, 15) is 19.5 Å². The Bertz CT molecular complexity index is 1400. The molecule has 2 aromatic carbocycles. The summed E-state index contributed by atoms with van der Waals surface area (Å²) in [5.74, 6) is -2.43. The zero-order valence-corrected chi connectivity index (χ0v) is 26.8. The first-order chi connectivity index (χ1) is 21.7. The minimum atomic E-state index is -1.19. The van der Waals surface area contributed by atoms with Crippen molar-refractivity contribution in [2.45, 2.75) is 76.4 Å². The number of ether oxygens (including phenoxy) is 1. The summed E-state index contributed by atoms with van der Waals surface area (Å²) in [5.41, 5.74) is -0.121. The van der Waals surface area contributed by atoms with Crippen LogP contribution < -0.4 is 0 Å². The second kappa shape index (κ2) is 13.3. The third-order valence-corrected chi connectivity index (χ3v) is 10.2. The van der Waals surface area contributed by atoms with Gasteiger partial charge in [-0.2, -0.15) is 0 Å². The molecule has 3 amide bonds. The first kappa shape index (κ1) is 32.6. The average Bonchev–Trinajstić information content (AvgIpc) is 3.65. The van der Waals surface area contributed by atoms with Crippen LogP contribution in [-0.2, 0) is 32.2 Å². The van der Waals surface area contributed by atoms with Crippen molar-refractivity contribution in [1.29, 1.82) is 0 Å². The molecule has 3 aliphatic rings. The number of hydrogen-bond donors (Lipinski definition) is 1. The summed E-state index contributed by atoms with van der Waals surface area (Å²) in [5, 5.41) is 10.6. The summed E-state index contributed by atoms with van der Waals surface area (Å²) in [7, 11) is 0. The van der Waals surface area contributed by atoms with Gasteiger partial charge in [0.1, 0.15) is 11.6 Å². The van der Waals surface area contributed by atoms with Crippen molar-refractivity contribution >= 4 is 17.7 Å². The number of likely N-dealkylation sites (tertiary alicyclic amines) is 1. The lowest BCUT2D eigenvalue weighted by Gasteiger charge is -2.40. The van der Waals surface area contributed by atoms with E-state index in [0.29, 0.717) is 38.9 Å². The van der Waals surface area contributed by atoms with E-state index in [-0.39, 0.29) is 36.8 Å². The van der Waals surface area contributed by atoms with Gasteiger partial charge in [0.25, 0.3) is 0 Å². The number of carbonyl (C=O) groups excluding carboxylic acids is 3. The van der Waals surface area contributed by atoms with Gasteiger partial charge in [0.05, 0.1) is 30.1 Å². The maximum absolute atomic E-state index is 14.8. The Morgan fingerprint density at radius 1 is 0.956 bits per heavy atom. The Morgan fingerprint density at radius 2 is 1.49 bits per heavy atom. The molecule has 1 spiro atoms. The van der Waals surface area contributed by atoms with Gasteiger partial charge in [-0.1, -0.05) is 93.6 Å². The van der Waals surface area contributed by atoms with Crippen LogP contribution >= 0.6 is 0 Å². The fourth-order valence-electron chi connectivity index (χ4n) is 8.04. The predicted octanol–water partition coefficient (Wildman–Crippen LogP) is 4.59. The summed E-state index contributed by atoms with van der Waals surface area (Å²) in [6.07, 6.45) is 4.98. The van der Waals surface area contributed by atoms with Crippen molar-refractivity contribution in [2.75, 3.05) is 19.7 Å². The lowest BCUT2D eigenvalue weighted by molar-refractivity contribution is -0.159. The average molecular weight is 614 g/mol. The molecular formula is C37H47N3O5. The summed E-state index contributed by atoms with van der Waals surface area (Å²) in [6, 6.07) is 17.9. The topological polar surface area (TPSA) is 90.4 Å². The zero-order chi connectivity index (χ0) is 32.4. The molecule has 3 saturated heterocycles. The highest BCUT2D eigenvalue weighted by atomic mass is 16.5. The molecule has 0 saturated carbocycles. The van der Waals surface area contributed by atoms with E-state index in [2.05, 4.69) is 13.2 Å². The molecule has 0 aromatic heterocycles. The Kier molecular flexibility index (Phi) is 9.65. The van der Waals surface area contributed by atoms with E-state index in [4.69, 9.17) is 4.74 Å². The molecule has 1 N–H and O–H groups in total. The molecule has 8 nitrogen and oxygen atoms in total. The van der Waals surface area contributed by atoms with Gasteiger partial charge in [-0.05, 0) is 36.3 Å². The highest BCUT2D eigenvalue weighted by Crippen LogP contribution is 2.65. The molecule has 3 fully saturated rings. The Morgan fingerprint density at radius 3 is 1.96 bits per heavy atom. The molecule has 2 unspecified atom stereocenters. The Balaban J connectivity index is 1.59. The molecular weight excluding hydrogens is 566 g/mol. The molecule has 2 aromatic rings. The van der Waals surface area contributed by atoms with Gasteiger partial charge in [-0.15, -0.1) is 13.2 Å². The van der Waals surface area contributed by atoms with Crippen LogP contribution in [-0.4, -0.2) is 80.5 Å². The van der Waals surface area contributed by atoms with Crippen LogP contribution in [0.1, 0.15) is 51.2 Å². The molecule has 240 valence electrons. The molecule has 5 rings (SSSR count). The number of aliphatic hydroxyl groups excluding tert-OH is 1. The fourth-order valence-corrected chi connectivity index (χ4v) is 8.04. The van der Waals surface area contributed by atoms with E-state index in [0.717, 1.165) is 11.1 Å². The van der Waals surface area contributed by atoms with E-state index in [1.54, 1.807) is 26.9 Å². The second-order valence-electron chi connectivity index (χ2n) is 13.1. The molecule has 45 heavy (non-hydrogen) atoms. The molecule has 8 heteroatoms. The number of nitrogens with zero attached hydrogens (tertiary/aromatic N) is 3. The lowest BCUT2D eigenvalue weighted by Crippen LogP contribution is -2.59. The molecule has 6 atom stereocenters. The van der Waals surface area contributed by atoms with Gasteiger partial charge in [-0.25, -0.2) is 0 Å². The lowest BCUT2D eigenvalue weighted by atomic mass is 9.64. The largest absolute Gasteiger partial charge is 0.394 e. The first-order valence-electron chi connectivity index (χ1n) is 16.2. The number of aliphatic hydroxyl groups is 1. The van der Waals surface area contributed by atoms with E-state index < -0.39 is 35.1 Å². The van der Waals surface area contributed by atoms with Crippen LogP contribution in [0.2, 0.25) is 0 Å².